The number of ether oxygens (including phenoxy) is 1. The van der Waals surface area contributed by atoms with E-state index in [1.54, 1.807) is 34.9 Å². The number of aromatic nitrogens is 4. The van der Waals surface area contributed by atoms with Crippen LogP contribution in [-0.4, -0.2) is 30.9 Å². The second kappa shape index (κ2) is 7.58. The molecule has 8 heteroatoms. The molecule has 5 rings (SSSR count). The molecule has 0 radical (unpaired) electrons. The molecule has 1 aromatic carbocycles. The Morgan fingerprint density at radius 2 is 1.97 bits per heavy atom. The van der Waals surface area contributed by atoms with Crippen LogP contribution < -0.4 is 0 Å². The van der Waals surface area contributed by atoms with Crippen LogP contribution in [0.3, 0.4) is 0 Å². The summed E-state index contributed by atoms with van der Waals surface area (Å²) in [5.74, 6) is 1.81. The molecule has 3 aromatic heterocycles. The van der Waals surface area contributed by atoms with Crippen molar-refractivity contribution in [3.8, 4) is 0 Å². The minimum atomic E-state index is -0.167. The van der Waals surface area contributed by atoms with E-state index >= 15 is 0 Å². The van der Waals surface area contributed by atoms with Crippen molar-refractivity contribution in [2.45, 2.75) is 55.5 Å². The monoisotopic (exact) mass is 442 g/mol. The van der Waals surface area contributed by atoms with E-state index in [4.69, 9.17) is 9.72 Å². The molecule has 4 heterocycles. The van der Waals surface area contributed by atoms with Crippen LogP contribution in [0, 0.1) is 0 Å². The van der Waals surface area contributed by atoms with Crippen LogP contribution in [0.25, 0.3) is 15.9 Å². The van der Waals surface area contributed by atoms with Gasteiger partial charge in [-0.15, -0.1) is 21.5 Å². The Bertz CT molecular complexity index is 1180. The van der Waals surface area contributed by atoms with Gasteiger partial charge in [-0.3, -0.25) is 0 Å². The molecule has 4 aromatic rings. The summed E-state index contributed by atoms with van der Waals surface area (Å²) in [5.41, 5.74) is 3.38. The number of thioether (sulfide) groups is 2. The van der Waals surface area contributed by atoms with Gasteiger partial charge in [-0.25, -0.2) is 9.38 Å². The van der Waals surface area contributed by atoms with E-state index in [9.17, 15) is 0 Å². The first kappa shape index (κ1) is 19.4. The summed E-state index contributed by atoms with van der Waals surface area (Å²) >= 11 is 5.19. The van der Waals surface area contributed by atoms with Gasteiger partial charge < -0.3 is 4.74 Å². The molecule has 150 valence electrons. The number of rotatable bonds is 5. The first-order valence-corrected chi connectivity index (χ1v) is 12.5. The number of fused-ring (bicyclic) bond motifs is 5. The Labute approximate surface area is 182 Å². The Balaban J connectivity index is 1.66. The molecule has 29 heavy (non-hydrogen) atoms. The normalized spacial score (nSPS) is 15.8. The number of nitrogens with zero attached hydrogens (tertiary/aromatic N) is 4. The standard InChI is InChI=1S/C21H22N4OS3/c1-4-27-20-24-23-17-16-14-10-21(2,3)26-11-15(14)29-18(16)22-19(25(17)20)28-12-13-8-6-5-7-9-13/h5-9H,4,10-12H2,1-3H3. The van der Waals surface area contributed by atoms with Crippen LogP contribution in [0.1, 0.15) is 36.8 Å². The molecule has 1 aliphatic rings. The smallest absolute Gasteiger partial charge is 0.197 e. The molecule has 0 bridgehead atoms. The molecule has 0 aliphatic carbocycles. The molecule has 0 unspecified atom stereocenters. The van der Waals surface area contributed by atoms with Gasteiger partial charge in [0.2, 0.25) is 0 Å². The van der Waals surface area contributed by atoms with Crippen LogP contribution in [0.2, 0.25) is 0 Å². The van der Waals surface area contributed by atoms with E-state index < -0.39 is 0 Å². The maximum atomic E-state index is 6.04. The number of hydrogen-bond donors (Lipinski definition) is 0. The highest BCUT2D eigenvalue weighted by Crippen LogP contribution is 2.41. The van der Waals surface area contributed by atoms with Crippen molar-refractivity contribution in [1.82, 2.24) is 19.6 Å². The SMILES string of the molecule is CCSc1nnc2c3c4c(sc3nc(SCc3ccccc3)n12)COC(C)(C)C4. The topological polar surface area (TPSA) is 52.3 Å². The summed E-state index contributed by atoms with van der Waals surface area (Å²) in [5, 5.41) is 12.1. The molecule has 0 saturated carbocycles. The van der Waals surface area contributed by atoms with E-state index in [0.29, 0.717) is 6.61 Å². The van der Waals surface area contributed by atoms with Gasteiger partial charge in [-0.1, -0.05) is 60.8 Å². The van der Waals surface area contributed by atoms with Crippen LogP contribution in [0.15, 0.2) is 40.6 Å². The van der Waals surface area contributed by atoms with Crippen LogP contribution in [-0.2, 0) is 23.5 Å². The maximum Gasteiger partial charge on any atom is 0.197 e. The van der Waals surface area contributed by atoms with Crippen LogP contribution >= 0.6 is 34.9 Å². The zero-order valence-electron chi connectivity index (χ0n) is 16.6. The lowest BCUT2D eigenvalue weighted by molar-refractivity contribution is -0.0379. The third kappa shape index (κ3) is 3.56. The van der Waals surface area contributed by atoms with Crippen molar-refractivity contribution < 1.29 is 4.74 Å². The van der Waals surface area contributed by atoms with Gasteiger partial charge in [0.05, 0.1) is 17.6 Å². The van der Waals surface area contributed by atoms with Gasteiger partial charge in [-0.2, -0.15) is 0 Å². The summed E-state index contributed by atoms with van der Waals surface area (Å²) in [6, 6.07) is 10.5. The van der Waals surface area contributed by atoms with Gasteiger partial charge in [0.1, 0.15) is 4.83 Å². The predicted octanol–water partition coefficient (Wildman–Crippen LogP) is 5.59. The highest BCUT2D eigenvalue weighted by molar-refractivity contribution is 7.99. The fourth-order valence-corrected chi connectivity index (χ4v) is 6.45. The van der Waals surface area contributed by atoms with Gasteiger partial charge in [0, 0.05) is 17.1 Å². The maximum absolute atomic E-state index is 6.04. The van der Waals surface area contributed by atoms with Crippen molar-refractivity contribution in [2.75, 3.05) is 5.75 Å². The third-order valence-electron chi connectivity index (χ3n) is 5.00. The quantitative estimate of drug-likeness (QED) is 0.296. The average molecular weight is 443 g/mol. The first-order chi connectivity index (χ1) is 14.1. The molecule has 1 aliphatic heterocycles. The molecule has 5 nitrogen and oxygen atoms in total. The molecule has 0 fully saturated rings. The fraction of sp³-hybridized carbons (Fsp3) is 0.381. The fourth-order valence-electron chi connectivity index (χ4n) is 3.63. The van der Waals surface area contributed by atoms with Crippen molar-refractivity contribution in [2.24, 2.45) is 0 Å². The summed E-state index contributed by atoms with van der Waals surface area (Å²) in [6.45, 7) is 7.08. The minimum absolute atomic E-state index is 0.167. The zero-order chi connectivity index (χ0) is 20.0. The van der Waals surface area contributed by atoms with Gasteiger partial charge in [0.15, 0.2) is 16.0 Å². The highest BCUT2D eigenvalue weighted by atomic mass is 32.2. The lowest BCUT2D eigenvalue weighted by Crippen LogP contribution is -2.31. The van der Waals surface area contributed by atoms with E-state index in [1.165, 1.54) is 16.0 Å². The Morgan fingerprint density at radius 1 is 1.14 bits per heavy atom. The number of hydrogen-bond acceptors (Lipinski definition) is 7. The molecular weight excluding hydrogens is 420 g/mol. The number of thiophene rings is 1. The Morgan fingerprint density at radius 3 is 2.76 bits per heavy atom. The van der Waals surface area contributed by atoms with Crippen molar-refractivity contribution >= 4 is 50.7 Å². The minimum Gasteiger partial charge on any atom is -0.370 e. The summed E-state index contributed by atoms with van der Waals surface area (Å²) in [7, 11) is 0. The molecule has 0 saturated heterocycles. The second-order valence-corrected chi connectivity index (χ2v) is 10.9. The van der Waals surface area contributed by atoms with Crippen molar-refractivity contribution in [3.63, 3.8) is 0 Å². The van der Waals surface area contributed by atoms with E-state index in [2.05, 4.69) is 59.6 Å². The van der Waals surface area contributed by atoms with Crippen LogP contribution in [0.4, 0.5) is 0 Å². The lowest BCUT2D eigenvalue weighted by Gasteiger charge is -2.30. The van der Waals surface area contributed by atoms with E-state index in [0.717, 1.165) is 44.1 Å². The summed E-state index contributed by atoms with van der Waals surface area (Å²) in [4.78, 5) is 7.39. The zero-order valence-corrected chi connectivity index (χ0v) is 19.1. The molecule has 0 amide bonds. The van der Waals surface area contributed by atoms with Gasteiger partial charge in [-0.05, 0) is 30.7 Å². The van der Waals surface area contributed by atoms with Gasteiger partial charge >= 0.3 is 0 Å². The van der Waals surface area contributed by atoms with Crippen molar-refractivity contribution in [1.29, 1.82) is 0 Å². The predicted molar refractivity (Wildman–Crippen MR) is 121 cm³/mol. The summed E-state index contributed by atoms with van der Waals surface area (Å²) < 4.78 is 8.20. The Hall–Kier alpha value is -1.61. The van der Waals surface area contributed by atoms with E-state index in [1.807, 2.05) is 6.07 Å². The second-order valence-electron chi connectivity index (χ2n) is 7.65. The average Bonchev–Trinajstić information content (AvgIpc) is 3.27. The van der Waals surface area contributed by atoms with Crippen molar-refractivity contribution in [3.05, 3.63) is 46.3 Å². The summed E-state index contributed by atoms with van der Waals surface area (Å²) in [6.07, 6.45) is 0.874. The largest absolute Gasteiger partial charge is 0.370 e. The Kier molecular flexibility index (Phi) is 5.06. The lowest BCUT2D eigenvalue weighted by atomic mass is 9.94. The molecule has 0 atom stereocenters. The molecule has 0 N–H and O–H groups in total. The third-order valence-corrected chi connectivity index (χ3v) is 7.92. The molecule has 0 spiro atoms. The number of benzene rings is 1. The first-order valence-electron chi connectivity index (χ1n) is 9.68. The highest BCUT2D eigenvalue weighted by Gasteiger charge is 2.31. The van der Waals surface area contributed by atoms with Crippen LogP contribution in [0.5, 0.6) is 0 Å². The van der Waals surface area contributed by atoms with E-state index in [-0.39, 0.29) is 5.60 Å². The van der Waals surface area contributed by atoms with Gasteiger partial charge in [0.25, 0.3) is 0 Å². The molecular formula is C21H22N4OS3.